The summed E-state index contributed by atoms with van der Waals surface area (Å²) < 4.78 is 21.8. The molecular formula is C8H18NO5P. The maximum atomic E-state index is 11.8. The van der Waals surface area contributed by atoms with Gasteiger partial charge in [-0.1, -0.05) is 0 Å². The maximum Gasteiger partial charge on any atom is 0.332 e. The molecule has 1 N–H and O–H groups in total. The van der Waals surface area contributed by atoms with Crippen molar-refractivity contribution < 1.29 is 23.6 Å². The molecule has 0 unspecified atom stereocenters. The van der Waals surface area contributed by atoms with Crippen molar-refractivity contribution >= 4 is 13.5 Å². The summed E-state index contributed by atoms with van der Waals surface area (Å²) in [5, 5.41) is 9.57. The molecule has 7 heteroatoms. The summed E-state index contributed by atoms with van der Waals surface area (Å²) in [5.74, 6) is -0.505. The van der Waals surface area contributed by atoms with Gasteiger partial charge in [0, 0.05) is 6.92 Å². The lowest BCUT2D eigenvalue weighted by molar-refractivity contribution is -0.161. The number of hydrogen-bond acceptors (Lipinski definition) is 5. The van der Waals surface area contributed by atoms with Crippen molar-refractivity contribution in [2.75, 3.05) is 25.9 Å². The van der Waals surface area contributed by atoms with Crippen LogP contribution in [0, 0.1) is 0 Å². The first kappa shape index (κ1) is 14.6. The molecule has 0 atom stereocenters. The predicted octanol–water partition coefficient (Wildman–Crippen LogP) is 1.49. The van der Waals surface area contributed by atoms with E-state index in [0.717, 1.165) is 0 Å². The molecule has 6 nitrogen and oxygen atoms in total. The number of hydrogen-bond donors (Lipinski definition) is 1. The summed E-state index contributed by atoms with van der Waals surface area (Å²) in [4.78, 5) is 10.7. The Hall–Kier alpha value is -0.420. The molecule has 0 heterocycles. The number of amides is 1. The Balaban J connectivity index is 4.18. The zero-order valence-electron chi connectivity index (χ0n) is 9.30. The molecule has 0 saturated carbocycles. The van der Waals surface area contributed by atoms with Gasteiger partial charge in [0.2, 0.25) is 5.91 Å². The quantitative estimate of drug-likeness (QED) is 0.414. The smallest absolute Gasteiger partial charge is 0.309 e. The van der Waals surface area contributed by atoms with Crippen LogP contribution < -0.4 is 0 Å². The molecular weight excluding hydrogens is 221 g/mol. The van der Waals surface area contributed by atoms with Gasteiger partial charge in [-0.3, -0.25) is 14.6 Å². The number of rotatable bonds is 7. The molecule has 0 rings (SSSR count). The van der Waals surface area contributed by atoms with E-state index in [1.165, 1.54) is 6.92 Å². The van der Waals surface area contributed by atoms with Gasteiger partial charge in [-0.2, -0.15) is 0 Å². The Kier molecular flexibility index (Phi) is 6.76. The largest absolute Gasteiger partial charge is 0.332 e. The van der Waals surface area contributed by atoms with Crippen LogP contribution in [0.3, 0.4) is 0 Å². The third-order valence-electron chi connectivity index (χ3n) is 1.60. The van der Waals surface area contributed by atoms with E-state index in [-0.39, 0.29) is 25.9 Å². The summed E-state index contributed by atoms with van der Waals surface area (Å²) in [7, 11) is -3.17. The fourth-order valence-electron chi connectivity index (χ4n) is 0.934. The predicted molar refractivity (Wildman–Crippen MR) is 54.9 cm³/mol. The maximum absolute atomic E-state index is 11.8. The Morgan fingerprint density at radius 3 is 2.13 bits per heavy atom. The van der Waals surface area contributed by atoms with E-state index < -0.39 is 13.5 Å². The summed E-state index contributed by atoms with van der Waals surface area (Å²) in [6, 6.07) is 0. The van der Waals surface area contributed by atoms with Crippen LogP contribution in [0.1, 0.15) is 20.8 Å². The first-order valence-corrected chi connectivity index (χ1v) is 6.53. The highest BCUT2D eigenvalue weighted by molar-refractivity contribution is 7.53. The van der Waals surface area contributed by atoms with E-state index in [1.807, 2.05) is 0 Å². The molecule has 0 spiro atoms. The van der Waals surface area contributed by atoms with Gasteiger partial charge in [-0.05, 0) is 13.8 Å². The minimum absolute atomic E-state index is 0.00917. The van der Waals surface area contributed by atoms with Gasteiger partial charge < -0.3 is 9.05 Å². The number of carbonyl (C=O) groups excluding carboxylic acids is 1. The summed E-state index contributed by atoms with van der Waals surface area (Å²) in [6.45, 7) is 5.09. The third kappa shape index (κ3) is 5.89. The number of carbonyl (C=O) groups is 1. The molecule has 0 aromatic rings. The van der Waals surface area contributed by atoms with Crippen LogP contribution in [-0.4, -0.2) is 42.1 Å². The van der Waals surface area contributed by atoms with Crippen LogP contribution in [0.25, 0.3) is 0 Å². The van der Waals surface area contributed by atoms with Crippen molar-refractivity contribution in [3.05, 3.63) is 0 Å². The lowest BCUT2D eigenvalue weighted by atomic mass is 10.6. The zero-order valence-corrected chi connectivity index (χ0v) is 10.2. The van der Waals surface area contributed by atoms with Crippen LogP contribution in [0.5, 0.6) is 0 Å². The molecule has 0 aromatic carbocycles. The van der Waals surface area contributed by atoms with Crippen LogP contribution in [-0.2, 0) is 18.4 Å². The third-order valence-corrected chi connectivity index (χ3v) is 3.65. The van der Waals surface area contributed by atoms with E-state index in [9.17, 15) is 9.36 Å². The molecule has 0 aromatic heterocycles. The van der Waals surface area contributed by atoms with Crippen LogP contribution in [0.15, 0.2) is 0 Å². The highest BCUT2D eigenvalue weighted by Gasteiger charge is 2.24. The first-order chi connectivity index (χ1) is 6.95. The number of nitrogens with zero attached hydrogens (tertiary/aromatic N) is 1. The van der Waals surface area contributed by atoms with E-state index in [2.05, 4.69) is 0 Å². The molecule has 90 valence electrons. The molecule has 0 bridgehead atoms. The topological polar surface area (TPSA) is 76.1 Å². The van der Waals surface area contributed by atoms with Crippen molar-refractivity contribution in [1.82, 2.24) is 5.06 Å². The van der Waals surface area contributed by atoms with Crippen molar-refractivity contribution in [3.63, 3.8) is 0 Å². The lowest BCUT2D eigenvalue weighted by Crippen LogP contribution is -2.28. The van der Waals surface area contributed by atoms with Crippen molar-refractivity contribution in [2.24, 2.45) is 0 Å². The summed E-state index contributed by atoms with van der Waals surface area (Å²) in [6.07, 6.45) is -0.00917. The van der Waals surface area contributed by atoms with Gasteiger partial charge in [-0.15, -0.1) is 0 Å². The van der Waals surface area contributed by atoms with Gasteiger partial charge in [0.25, 0.3) is 0 Å². The van der Waals surface area contributed by atoms with E-state index in [4.69, 9.17) is 14.3 Å². The van der Waals surface area contributed by atoms with Crippen LogP contribution in [0.2, 0.25) is 0 Å². The second-order valence-electron chi connectivity index (χ2n) is 2.81. The highest BCUT2D eigenvalue weighted by Crippen LogP contribution is 2.47. The highest BCUT2D eigenvalue weighted by atomic mass is 31.2. The van der Waals surface area contributed by atoms with E-state index in [1.54, 1.807) is 13.8 Å². The van der Waals surface area contributed by atoms with Gasteiger partial charge >= 0.3 is 7.60 Å². The van der Waals surface area contributed by atoms with Crippen molar-refractivity contribution in [3.8, 4) is 0 Å². The van der Waals surface area contributed by atoms with Crippen molar-refractivity contribution in [2.45, 2.75) is 20.8 Å². The molecule has 15 heavy (non-hydrogen) atoms. The minimum atomic E-state index is -3.17. The Bertz CT molecular complexity index is 235. The van der Waals surface area contributed by atoms with Gasteiger partial charge in [0.1, 0.15) is 0 Å². The van der Waals surface area contributed by atoms with Gasteiger partial charge in [-0.25, -0.2) is 5.06 Å². The number of hydroxylamine groups is 2. The summed E-state index contributed by atoms with van der Waals surface area (Å²) in [5.41, 5.74) is 0. The van der Waals surface area contributed by atoms with E-state index in [0.29, 0.717) is 5.06 Å². The normalized spacial score (nSPS) is 11.5. The first-order valence-electron chi connectivity index (χ1n) is 4.80. The molecule has 0 fully saturated rings. The van der Waals surface area contributed by atoms with Gasteiger partial charge in [0.05, 0.1) is 25.9 Å². The Morgan fingerprint density at radius 2 is 1.80 bits per heavy atom. The average Bonchev–Trinajstić information content (AvgIpc) is 2.15. The molecule has 0 aliphatic carbocycles. The fraction of sp³-hybridized carbons (Fsp3) is 0.875. The van der Waals surface area contributed by atoms with Gasteiger partial charge in [0.15, 0.2) is 0 Å². The Morgan fingerprint density at radius 1 is 1.33 bits per heavy atom. The summed E-state index contributed by atoms with van der Waals surface area (Å²) >= 11 is 0. The van der Waals surface area contributed by atoms with Crippen LogP contribution in [0.4, 0.5) is 0 Å². The standard InChI is InChI=1S/C8H18NO5P/c1-4-13-15(12,14-5-2)7-6-9(11)8(3)10/h11H,4-7H2,1-3H3. The van der Waals surface area contributed by atoms with Crippen molar-refractivity contribution in [1.29, 1.82) is 0 Å². The lowest BCUT2D eigenvalue weighted by Gasteiger charge is -2.19. The average molecular weight is 239 g/mol. The SMILES string of the molecule is CCOP(=O)(CCN(O)C(C)=O)OCC. The second-order valence-corrected chi connectivity index (χ2v) is 5.00. The monoisotopic (exact) mass is 239 g/mol. The molecule has 0 aliphatic rings. The minimum Gasteiger partial charge on any atom is -0.309 e. The van der Waals surface area contributed by atoms with E-state index >= 15 is 0 Å². The second kappa shape index (κ2) is 6.95. The Labute approximate surface area is 89.7 Å². The molecule has 0 saturated heterocycles. The molecule has 0 radical (unpaired) electrons. The molecule has 1 amide bonds. The zero-order chi connectivity index (χ0) is 11.9. The van der Waals surface area contributed by atoms with Crippen LogP contribution >= 0.6 is 7.60 Å². The fourth-order valence-corrected chi connectivity index (χ4v) is 2.49. The molecule has 0 aliphatic heterocycles.